The van der Waals surface area contributed by atoms with Crippen LogP contribution in [0.2, 0.25) is 0 Å². The van der Waals surface area contributed by atoms with Gasteiger partial charge < -0.3 is 11.1 Å². The van der Waals surface area contributed by atoms with Crippen molar-refractivity contribution in [3.05, 3.63) is 21.9 Å². The minimum absolute atomic E-state index is 0.0183. The van der Waals surface area contributed by atoms with E-state index in [9.17, 15) is 4.79 Å². The van der Waals surface area contributed by atoms with E-state index in [1.165, 1.54) is 16.2 Å². The predicted octanol–water partition coefficient (Wildman–Crippen LogP) is 2.19. The van der Waals surface area contributed by atoms with Gasteiger partial charge in [0.15, 0.2) is 0 Å². The quantitative estimate of drug-likeness (QED) is 0.863. The second kappa shape index (κ2) is 5.65. The number of carbonyl (C=O) groups excluding carboxylic acids is 1. The molecular formula is C13H20N2OS. The summed E-state index contributed by atoms with van der Waals surface area (Å²) in [5.74, 6) is -0.130. The number of amides is 1. The third-order valence-electron chi connectivity index (χ3n) is 3.47. The Balaban J connectivity index is 1.90. The Morgan fingerprint density at radius 2 is 2.24 bits per heavy atom. The number of carbonyl (C=O) groups is 1. The van der Waals surface area contributed by atoms with E-state index >= 15 is 0 Å². The number of thiophene rings is 1. The van der Waals surface area contributed by atoms with Gasteiger partial charge in [-0.05, 0) is 31.9 Å². The first kappa shape index (κ1) is 12.6. The van der Waals surface area contributed by atoms with Gasteiger partial charge in [0.05, 0.1) is 5.92 Å². The highest BCUT2D eigenvalue weighted by atomic mass is 32.1. The van der Waals surface area contributed by atoms with E-state index in [4.69, 9.17) is 5.73 Å². The molecule has 0 bridgehead atoms. The van der Waals surface area contributed by atoms with Crippen molar-refractivity contribution in [2.45, 2.75) is 45.2 Å². The first-order chi connectivity index (χ1) is 8.16. The van der Waals surface area contributed by atoms with E-state index in [-0.39, 0.29) is 17.9 Å². The normalized spacial score (nSPS) is 24.8. The van der Waals surface area contributed by atoms with Crippen molar-refractivity contribution >= 4 is 17.2 Å². The van der Waals surface area contributed by atoms with E-state index < -0.39 is 0 Å². The van der Waals surface area contributed by atoms with Crippen molar-refractivity contribution in [3.8, 4) is 0 Å². The lowest BCUT2D eigenvalue weighted by Gasteiger charge is -2.30. The summed E-state index contributed by atoms with van der Waals surface area (Å²) in [6, 6.07) is 4.55. The maximum atomic E-state index is 11.4. The zero-order valence-electron chi connectivity index (χ0n) is 10.2. The highest BCUT2D eigenvalue weighted by Gasteiger charge is 2.28. The molecule has 17 heavy (non-hydrogen) atoms. The van der Waals surface area contributed by atoms with E-state index in [0.717, 1.165) is 25.8 Å². The Labute approximate surface area is 106 Å². The number of nitrogens with one attached hydrogen (secondary N) is 1. The van der Waals surface area contributed by atoms with Gasteiger partial charge in [-0.2, -0.15) is 0 Å². The van der Waals surface area contributed by atoms with Crippen molar-refractivity contribution < 1.29 is 4.79 Å². The number of aryl methyl sites for hydroxylation is 1. The van der Waals surface area contributed by atoms with Crippen LogP contribution in [0.4, 0.5) is 0 Å². The van der Waals surface area contributed by atoms with Gasteiger partial charge in [-0.25, -0.2) is 0 Å². The van der Waals surface area contributed by atoms with E-state index in [1.807, 2.05) is 11.3 Å². The number of primary amides is 1. The molecule has 1 aliphatic rings. The van der Waals surface area contributed by atoms with Crippen LogP contribution in [0.1, 0.15) is 35.4 Å². The Morgan fingerprint density at radius 1 is 1.47 bits per heavy atom. The molecule has 1 fully saturated rings. The lowest BCUT2D eigenvalue weighted by Crippen LogP contribution is -2.44. The third-order valence-corrected chi connectivity index (χ3v) is 4.47. The van der Waals surface area contributed by atoms with Crippen LogP contribution in [0.15, 0.2) is 12.1 Å². The molecule has 2 atom stereocenters. The summed E-state index contributed by atoms with van der Waals surface area (Å²) in [6.07, 6.45) is 4.34. The topological polar surface area (TPSA) is 55.1 Å². The highest BCUT2D eigenvalue weighted by molar-refractivity contribution is 7.11. The molecule has 0 unspecified atom stereocenters. The smallest absolute Gasteiger partial charge is 0.222 e. The van der Waals surface area contributed by atoms with Crippen molar-refractivity contribution in [2.24, 2.45) is 11.7 Å². The van der Waals surface area contributed by atoms with Crippen LogP contribution in [0, 0.1) is 12.8 Å². The van der Waals surface area contributed by atoms with Crippen LogP contribution in [0.3, 0.4) is 0 Å². The molecule has 1 aliphatic carbocycles. The molecule has 0 spiro atoms. The third kappa shape index (κ3) is 3.30. The highest BCUT2D eigenvalue weighted by Crippen LogP contribution is 2.25. The van der Waals surface area contributed by atoms with Gasteiger partial charge in [0.2, 0.25) is 5.91 Å². The van der Waals surface area contributed by atoms with Crippen molar-refractivity contribution in [3.63, 3.8) is 0 Å². The summed E-state index contributed by atoms with van der Waals surface area (Å²) >= 11 is 1.81. The second-order valence-electron chi connectivity index (χ2n) is 4.79. The number of hydrogen-bond donors (Lipinski definition) is 2. The standard InChI is InChI=1S/C13H20N2OS/c1-9-6-7-10(17-9)8-15-12-5-3-2-4-11(12)13(14)16/h6-7,11-12,15H,2-5,8H2,1H3,(H2,14,16)/t11-,12-/m0/s1. The SMILES string of the molecule is Cc1ccc(CN[C@H]2CCCC[C@@H]2C(N)=O)s1. The van der Waals surface area contributed by atoms with Crippen LogP contribution in [0.25, 0.3) is 0 Å². The minimum Gasteiger partial charge on any atom is -0.369 e. The molecular weight excluding hydrogens is 232 g/mol. The molecule has 1 aromatic rings. The van der Waals surface area contributed by atoms with Crippen molar-refractivity contribution in [1.82, 2.24) is 5.32 Å². The summed E-state index contributed by atoms with van der Waals surface area (Å²) in [5.41, 5.74) is 5.45. The van der Waals surface area contributed by atoms with E-state index in [0.29, 0.717) is 0 Å². The Hall–Kier alpha value is -0.870. The molecule has 3 N–H and O–H groups in total. The van der Waals surface area contributed by atoms with Gasteiger partial charge in [-0.15, -0.1) is 11.3 Å². The molecule has 94 valence electrons. The second-order valence-corrected chi connectivity index (χ2v) is 6.17. The maximum absolute atomic E-state index is 11.4. The lowest BCUT2D eigenvalue weighted by molar-refractivity contribution is -0.123. The molecule has 0 aromatic carbocycles. The average Bonchev–Trinajstić information content (AvgIpc) is 2.73. The van der Waals surface area contributed by atoms with Gasteiger partial charge >= 0.3 is 0 Å². The maximum Gasteiger partial charge on any atom is 0.222 e. The Kier molecular flexibility index (Phi) is 4.18. The zero-order chi connectivity index (χ0) is 12.3. The molecule has 0 radical (unpaired) electrons. The van der Waals surface area contributed by atoms with Crippen LogP contribution < -0.4 is 11.1 Å². The van der Waals surface area contributed by atoms with E-state index in [1.54, 1.807) is 0 Å². The molecule has 2 rings (SSSR count). The fourth-order valence-corrected chi connectivity index (χ4v) is 3.37. The molecule has 3 nitrogen and oxygen atoms in total. The van der Waals surface area contributed by atoms with Crippen LogP contribution in [-0.2, 0) is 11.3 Å². The number of hydrogen-bond acceptors (Lipinski definition) is 3. The predicted molar refractivity (Wildman–Crippen MR) is 70.8 cm³/mol. The Bertz CT molecular complexity index is 389. The molecule has 1 saturated carbocycles. The molecule has 0 aliphatic heterocycles. The van der Waals surface area contributed by atoms with Gasteiger partial charge in [-0.3, -0.25) is 4.79 Å². The first-order valence-electron chi connectivity index (χ1n) is 6.25. The summed E-state index contributed by atoms with van der Waals surface area (Å²) in [4.78, 5) is 14.0. The Morgan fingerprint density at radius 3 is 2.88 bits per heavy atom. The van der Waals surface area contributed by atoms with Gasteiger partial charge in [-0.1, -0.05) is 12.8 Å². The van der Waals surface area contributed by atoms with Gasteiger partial charge in [0.1, 0.15) is 0 Å². The molecule has 4 heteroatoms. The molecule has 1 aromatic heterocycles. The average molecular weight is 252 g/mol. The van der Waals surface area contributed by atoms with Gasteiger partial charge in [0.25, 0.3) is 0 Å². The molecule has 1 heterocycles. The van der Waals surface area contributed by atoms with Crippen molar-refractivity contribution in [2.75, 3.05) is 0 Å². The fraction of sp³-hybridized carbons (Fsp3) is 0.615. The zero-order valence-corrected chi connectivity index (χ0v) is 11.1. The van der Waals surface area contributed by atoms with Crippen LogP contribution in [0.5, 0.6) is 0 Å². The monoisotopic (exact) mass is 252 g/mol. The van der Waals surface area contributed by atoms with E-state index in [2.05, 4.69) is 24.4 Å². The lowest BCUT2D eigenvalue weighted by atomic mass is 9.84. The van der Waals surface area contributed by atoms with Crippen molar-refractivity contribution in [1.29, 1.82) is 0 Å². The summed E-state index contributed by atoms with van der Waals surface area (Å²) in [6.45, 7) is 2.97. The first-order valence-corrected chi connectivity index (χ1v) is 7.06. The fourth-order valence-electron chi connectivity index (χ4n) is 2.53. The van der Waals surface area contributed by atoms with Crippen LogP contribution in [-0.4, -0.2) is 11.9 Å². The minimum atomic E-state index is -0.149. The van der Waals surface area contributed by atoms with Gasteiger partial charge in [0, 0.05) is 22.3 Å². The summed E-state index contributed by atoms with van der Waals surface area (Å²) < 4.78 is 0. The number of nitrogens with two attached hydrogens (primary N) is 1. The largest absolute Gasteiger partial charge is 0.369 e. The molecule has 1 amide bonds. The molecule has 0 saturated heterocycles. The summed E-state index contributed by atoms with van der Waals surface area (Å²) in [7, 11) is 0. The van der Waals surface area contributed by atoms with Crippen LogP contribution >= 0.6 is 11.3 Å². The summed E-state index contributed by atoms with van der Waals surface area (Å²) in [5, 5.41) is 3.49. The number of rotatable bonds is 4.